The van der Waals surface area contributed by atoms with Gasteiger partial charge in [-0.2, -0.15) is 0 Å². The highest BCUT2D eigenvalue weighted by Crippen LogP contribution is 2.27. The minimum atomic E-state index is -0.752. The van der Waals surface area contributed by atoms with Gasteiger partial charge in [0.15, 0.2) is 0 Å². The van der Waals surface area contributed by atoms with E-state index in [1.54, 1.807) is 0 Å². The molecule has 1 aromatic rings. The van der Waals surface area contributed by atoms with Crippen LogP contribution in [0.3, 0.4) is 0 Å². The van der Waals surface area contributed by atoms with Gasteiger partial charge < -0.3 is 29.6 Å². The lowest BCUT2D eigenvalue weighted by Crippen LogP contribution is -2.43. The fraction of sp³-hybridized carbons (Fsp3) is 0.500. The molecule has 210 valence electrons. The quantitative estimate of drug-likeness (QED) is 0.136. The summed E-state index contributed by atoms with van der Waals surface area (Å²) in [4.78, 5) is 46.7. The van der Waals surface area contributed by atoms with Crippen molar-refractivity contribution < 1.29 is 38.1 Å². The molecule has 2 N–H and O–H groups in total. The summed E-state index contributed by atoms with van der Waals surface area (Å²) >= 11 is 0. The second kappa shape index (κ2) is 16.1. The number of hydrogen-bond donors (Lipinski definition) is 2. The van der Waals surface area contributed by atoms with Crippen molar-refractivity contribution in [3.05, 3.63) is 60.7 Å². The van der Waals surface area contributed by atoms with E-state index in [1.807, 2.05) is 52.0 Å². The molecule has 0 fully saturated rings. The summed E-state index contributed by atoms with van der Waals surface area (Å²) in [7, 11) is 0. The van der Waals surface area contributed by atoms with Crippen molar-refractivity contribution in [2.75, 3.05) is 26.4 Å². The first-order valence-corrected chi connectivity index (χ1v) is 12.5. The number of nitrogens with one attached hydrogen (secondary N) is 2. The lowest BCUT2D eigenvalue weighted by Gasteiger charge is -2.30. The average Bonchev–Trinajstić information content (AvgIpc) is 2.87. The Morgan fingerprint density at radius 3 is 1.37 bits per heavy atom. The summed E-state index contributed by atoms with van der Waals surface area (Å²) in [6, 6.07) is 7.52. The zero-order chi connectivity index (χ0) is 28.6. The van der Waals surface area contributed by atoms with Crippen molar-refractivity contribution in [1.82, 2.24) is 10.6 Å². The molecule has 0 bridgehead atoms. The smallest absolute Gasteiger partial charge is 0.407 e. The minimum Gasteiger partial charge on any atom is -0.463 e. The SMILES string of the molecule is C=CC(=O)OCCCCOC(=O)NC(C)(C)c1cccc(C(C)(C)NC(=O)OCCCCOC(=O)C=C)c1. The summed E-state index contributed by atoms with van der Waals surface area (Å²) in [6.45, 7) is 14.9. The molecule has 0 atom stereocenters. The van der Waals surface area contributed by atoms with E-state index in [0.29, 0.717) is 25.7 Å². The van der Waals surface area contributed by atoms with Crippen molar-refractivity contribution in [2.24, 2.45) is 0 Å². The first-order chi connectivity index (χ1) is 17.9. The Kier molecular flexibility index (Phi) is 13.7. The van der Waals surface area contributed by atoms with Crippen molar-refractivity contribution in [3.63, 3.8) is 0 Å². The Bertz CT molecular complexity index is 898. The second-order valence-electron chi connectivity index (χ2n) is 9.51. The lowest BCUT2D eigenvalue weighted by atomic mass is 9.87. The molecule has 2 amide bonds. The summed E-state index contributed by atoms with van der Waals surface area (Å²) in [5.41, 5.74) is 0.136. The topological polar surface area (TPSA) is 129 Å². The highest BCUT2D eigenvalue weighted by molar-refractivity contribution is 5.81. The molecule has 0 saturated carbocycles. The standard InChI is InChI=1S/C28H40N2O8/c1-7-23(31)35-16-9-11-18-37-25(33)29-27(3,4)21-14-13-15-22(20-21)28(5,6)30-26(34)38-19-12-10-17-36-24(32)8-2/h7-8,13-15,20H,1-2,9-12,16-19H2,3-6H3,(H,29,33)(H,30,34). The number of amides is 2. The number of benzene rings is 1. The van der Waals surface area contributed by atoms with E-state index in [9.17, 15) is 19.2 Å². The Hall–Kier alpha value is -3.82. The zero-order valence-electron chi connectivity index (χ0n) is 22.8. The van der Waals surface area contributed by atoms with Crippen LogP contribution < -0.4 is 10.6 Å². The van der Waals surface area contributed by atoms with Gasteiger partial charge in [-0.25, -0.2) is 19.2 Å². The van der Waals surface area contributed by atoms with E-state index in [0.717, 1.165) is 23.3 Å². The number of esters is 2. The summed E-state index contributed by atoms with van der Waals surface area (Å²) in [5, 5.41) is 5.71. The number of carbonyl (C=O) groups is 4. The van der Waals surface area contributed by atoms with Gasteiger partial charge in [-0.1, -0.05) is 37.4 Å². The van der Waals surface area contributed by atoms with Crippen LogP contribution in [0.5, 0.6) is 0 Å². The maximum absolute atomic E-state index is 12.3. The van der Waals surface area contributed by atoms with Gasteiger partial charge in [-0.3, -0.25) is 0 Å². The molecule has 10 heteroatoms. The predicted octanol–water partition coefficient (Wildman–Crippen LogP) is 4.63. The highest BCUT2D eigenvalue weighted by atomic mass is 16.6. The van der Waals surface area contributed by atoms with E-state index < -0.39 is 35.2 Å². The number of ether oxygens (including phenoxy) is 4. The van der Waals surface area contributed by atoms with Crippen LogP contribution in [0.1, 0.15) is 64.5 Å². The number of hydrogen-bond acceptors (Lipinski definition) is 8. The highest BCUT2D eigenvalue weighted by Gasteiger charge is 2.28. The number of alkyl carbamates (subject to hydrolysis) is 2. The second-order valence-corrected chi connectivity index (χ2v) is 9.51. The van der Waals surface area contributed by atoms with Crippen LogP contribution >= 0.6 is 0 Å². The monoisotopic (exact) mass is 532 g/mol. The van der Waals surface area contributed by atoms with Gasteiger partial charge in [0.2, 0.25) is 0 Å². The normalized spacial score (nSPS) is 11.1. The largest absolute Gasteiger partial charge is 0.463 e. The van der Waals surface area contributed by atoms with Crippen LogP contribution in [0.25, 0.3) is 0 Å². The Labute approximate surface area is 224 Å². The molecule has 1 aromatic carbocycles. The van der Waals surface area contributed by atoms with Crippen LogP contribution in [-0.2, 0) is 39.6 Å². The minimum absolute atomic E-state index is 0.187. The maximum Gasteiger partial charge on any atom is 0.407 e. The number of rotatable bonds is 16. The molecule has 10 nitrogen and oxygen atoms in total. The summed E-state index contributed by atoms with van der Waals surface area (Å²) in [5.74, 6) is -0.966. The van der Waals surface area contributed by atoms with Crippen LogP contribution in [0.2, 0.25) is 0 Å². The average molecular weight is 533 g/mol. The van der Waals surface area contributed by atoms with Gasteiger partial charge in [-0.15, -0.1) is 0 Å². The predicted molar refractivity (Wildman–Crippen MR) is 142 cm³/mol. The van der Waals surface area contributed by atoms with Crippen LogP contribution in [0.15, 0.2) is 49.6 Å². The third-order valence-corrected chi connectivity index (χ3v) is 5.50. The van der Waals surface area contributed by atoms with E-state index in [4.69, 9.17) is 18.9 Å². The van der Waals surface area contributed by atoms with Gasteiger partial charge in [0.05, 0.1) is 37.5 Å². The van der Waals surface area contributed by atoms with Gasteiger partial charge >= 0.3 is 24.1 Å². The molecular weight excluding hydrogens is 492 g/mol. The summed E-state index contributed by atoms with van der Waals surface area (Å²) < 4.78 is 20.3. The molecule has 0 heterocycles. The molecule has 0 radical (unpaired) electrons. The Morgan fingerprint density at radius 1 is 0.684 bits per heavy atom. The molecular formula is C28H40N2O8. The van der Waals surface area contributed by atoms with E-state index in [1.165, 1.54) is 0 Å². The van der Waals surface area contributed by atoms with E-state index in [2.05, 4.69) is 23.8 Å². The lowest BCUT2D eigenvalue weighted by molar-refractivity contribution is -0.138. The van der Waals surface area contributed by atoms with Crippen molar-refractivity contribution in [2.45, 2.75) is 64.5 Å². The molecule has 0 aliphatic heterocycles. The third kappa shape index (κ3) is 12.4. The van der Waals surface area contributed by atoms with E-state index in [-0.39, 0.29) is 26.4 Å². The first kappa shape index (κ1) is 32.2. The molecule has 38 heavy (non-hydrogen) atoms. The molecule has 0 unspecified atom stereocenters. The molecule has 0 saturated heterocycles. The Morgan fingerprint density at radius 2 is 1.03 bits per heavy atom. The van der Waals surface area contributed by atoms with Crippen LogP contribution in [0.4, 0.5) is 9.59 Å². The van der Waals surface area contributed by atoms with Gasteiger partial charge in [0.1, 0.15) is 0 Å². The molecule has 0 spiro atoms. The molecule has 0 aliphatic rings. The first-order valence-electron chi connectivity index (χ1n) is 12.5. The van der Waals surface area contributed by atoms with Crippen molar-refractivity contribution in [1.29, 1.82) is 0 Å². The third-order valence-electron chi connectivity index (χ3n) is 5.50. The maximum atomic E-state index is 12.3. The number of carbonyl (C=O) groups excluding carboxylic acids is 4. The number of unbranched alkanes of at least 4 members (excludes halogenated alkanes) is 2. The molecule has 0 aromatic heterocycles. The van der Waals surface area contributed by atoms with Crippen molar-refractivity contribution >= 4 is 24.1 Å². The zero-order valence-corrected chi connectivity index (χ0v) is 22.8. The fourth-order valence-corrected chi connectivity index (χ4v) is 3.22. The van der Waals surface area contributed by atoms with E-state index >= 15 is 0 Å². The molecule has 1 rings (SSSR count). The van der Waals surface area contributed by atoms with Crippen LogP contribution in [0, 0.1) is 0 Å². The molecule has 0 aliphatic carbocycles. The van der Waals surface area contributed by atoms with Gasteiger partial charge in [0, 0.05) is 12.2 Å². The van der Waals surface area contributed by atoms with Crippen molar-refractivity contribution in [3.8, 4) is 0 Å². The fourth-order valence-electron chi connectivity index (χ4n) is 3.22. The van der Waals surface area contributed by atoms with Gasteiger partial charge in [-0.05, 0) is 64.5 Å². The van der Waals surface area contributed by atoms with Gasteiger partial charge in [0.25, 0.3) is 0 Å². The van der Waals surface area contributed by atoms with Crippen LogP contribution in [-0.4, -0.2) is 50.6 Å². The summed E-state index contributed by atoms with van der Waals surface area (Å²) in [6.07, 6.45) is 3.29. The Balaban J connectivity index is 2.55.